The summed E-state index contributed by atoms with van der Waals surface area (Å²) in [7, 11) is 0. The molecule has 3 nitrogen and oxygen atoms in total. The molecule has 2 aliphatic carbocycles. The van der Waals surface area contributed by atoms with E-state index in [2.05, 4.69) is 21.2 Å². The Morgan fingerprint density at radius 2 is 1.87 bits per heavy atom. The Kier molecular flexibility index (Phi) is 3.90. The van der Waals surface area contributed by atoms with E-state index in [1.165, 1.54) is 0 Å². The van der Waals surface area contributed by atoms with E-state index in [4.69, 9.17) is 23.2 Å². The van der Waals surface area contributed by atoms with Crippen LogP contribution < -0.4 is 5.32 Å². The average molecular weight is 419 g/mol. The van der Waals surface area contributed by atoms with Crippen LogP contribution in [-0.4, -0.2) is 16.5 Å². The Balaban J connectivity index is 1.98. The number of nitrogens with one attached hydrogen (secondary N) is 1. The number of amides is 1. The molecule has 0 aliphatic heterocycles. The van der Waals surface area contributed by atoms with Crippen molar-refractivity contribution in [1.82, 2.24) is 0 Å². The van der Waals surface area contributed by atoms with E-state index in [-0.39, 0.29) is 11.7 Å². The van der Waals surface area contributed by atoms with Crippen molar-refractivity contribution >= 4 is 56.5 Å². The Bertz CT molecular complexity index is 721. The first-order valence-electron chi connectivity index (χ1n) is 7.53. The second-order valence-electron chi connectivity index (χ2n) is 7.24. The first-order valence-corrected chi connectivity index (χ1v) is 9.20. The van der Waals surface area contributed by atoms with Gasteiger partial charge >= 0.3 is 0 Å². The zero-order valence-electron chi connectivity index (χ0n) is 13.2. The third-order valence-electron chi connectivity index (χ3n) is 6.30. The Labute approximate surface area is 154 Å². The topological polar surface area (TPSA) is 46.2 Å². The molecule has 2 aliphatic rings. The van der Waals surface area contributed by atoms with Crippen LogP contribution in [0.5, 0.6) is 0 Å². The van der Waals surface area contributed by atoms with Crippen LogP contribution in [-0.2, 0) is 9.59 Å². The normalized spacial score (nSPS) is 34.7. The molecule has 1 amide bonds. The summed E-state index contributed by atoms with van der Waals surface area (Å²) in [6, 6.07) is 4.98. The molecule has 2 bridgehead atoms. The van der Waals surface area contributed by atoms with E-state index in [0.29, 0.717) is 22.2 Å². The summed E-state index contributed by atoms with van der Waals surface area (Å²) < 4.78 is 0. The fraction of sp³-hybridized carbons (Fsp3) is 0.529. The Hall–Kier alpha value is -0.580. The molecular weight excluding hydrogens is 401 g/mol. The van der Waals surface area contributed by atoms with Gasteiger partial charge in [-0.3, -0.25) is 9.59 Å². The van der Waals surface area contributed by atoms with Crippen molar-refractivity contribution in [3.8, 4) is 0 Å². The van der Waals surface area contributed by atoms with Crippen LogP contribution in [0.1, 0.15) is 33.6 Å². The van der Waals surface area contributed by atoms with Crippen LogP contribution in [0.2, 0.25) is 10.0 Å². The van der Waals surface area contributed by atoms with Gasteiger partial charge in [0.1, 0.15) is 0 Å². The van der Waals surface area contributed by atoms with Gasteiger partial charge in [0.15, 0.2) is 5.78 Å². The van der Waals surface area contributed by atoms with Crippen molar-refractivity contribution in [2.24, 2.45) is 16.2 Å². The molecule has 0 saturated heterocycles. The van der Waals surface area contributed by atoms with E-state index < -0.39 is 21.1 Å². The highest BCUT2D eigenvalue weighted by Crippen LogP contribution is 2.72. The highest BCUT2D eigenvalue weighted by atomic mass is 79.9. The number of fused-ring (bicyclic) bond motifs is 2. The predicted octanol–water partition coefficient (Wildman–Crippen LogP) is 5.09. The molecule has 23 heavy (non-hydrogen) atoms. The van der Waals surface area contributed by atoms with Crippen LogP contribution in [0.3, 0.4) is 0 Å². The summed E-state index contributed by atoms with van der Waals surface area (Å²) in [4.78, 5) is 25.4. The maximum Gasteiger partial charge on any atom is 0.232 e. The van der Waals surface area contributed by atoms with Gasteiger partial charge < -0.3 is 5.32 Å². The molecule has 124 valence electrons. The third-order valence-corrected chi connectivity index (χ3v) is 8.24. The minimum absolute atomic E-state index is 0.123. The number of ketones is 1. The molecule has 0 heterocycles. The lowest BCUT2D eigenvalue weighted by Gasteiger charge is -2.39. The smallest absolute Gasteiger partial charge is 0.232 e. The lowest BCUT2D eigenvalue weighted by Crippen LogP contribution is -2.47. The van der Waals surface area contributed by atoms with Crippen molar-refractivity contribution in [2.75, 3.05) is 5.32 Å². The highest BCUT2D eigenvalue weighted by Gasteiger charge is 2.76. The van der Waals surface area contributed by atoms with Crippen molar-refractivity contribution in [3.05, 3.63) is 28.2 Å². The van der Waals surface area contributed by atoms with Gasteiger partial charge in [0, 0.05) is 11.1 Å². The lowest BCUT2D eigenvalue weighted by molar-refractivity contribution is -0.130. The molecule has 6 heteroatoms. The number of benzene rings is 1. The largest absolute Gasteiger partial charge is 0.325 e. The van der Waals surface area contributed by atoms with Gasteiger partial charge in [-0.25, -0.2) is 0 Å². The first kappa shape index (κ1) is 17.2. The second-order valence-corrected chi connectivity index (χ2v) is 8.97. The Morgan fingerprint density at radius 3 is 2.39 bits per heavy atom. The van der Waals surface area contributed by atoms with Crippen LogP contribution in [0.15, 0.2) is 18.2 Å². The number of alkyl halides is 1. The van der Waals surface area contributed by atoms with Crippen molar-refractivity contribution in [3.63, 3.8) is 0 Å². The maximum absolute atomic E-state index is 13.1. The number of rotatable bonds is 2. The van der Waals surface area contributed by atoms with Crippen molar-refractivity contribution in [2.45, 2.75) is 38.4 Å². The zero-order valence-corrected chi connectivity index (χ0v) is 16.3. The maximum atomic E-state index is 13.1. The number of halogens is 3. The SMILES string of the molecule is CC1(C)[C@]2(C)CC[C@@]1(C(=O)Nc1ccc(Cl)c(Cl)c1)[C@H](Br)C2=O. The number of carbonyl (C=O) groups is 2. The molecule has 1 N–H and O–H groups in total. The molecule has 2 fully saturated rings. The van der Waals surface area contributed by atoms with Gasteiger partial charge in [0.2, 0.25) is 5.91 Å². The summed E-state index contributed by atoms with van der Waals surface area (Å²) in [5, 5.41) is 3.75. The predicted molar refractivity (Wildman–Crippen MR) is 96.4 cm³/mol. The molecular formula is C17H18BrCl2NO2. The minimum atomic E-state index is -0.759. The minimum Gasteiger partial charge on any atom is -0.325 e. The molecule has 1 aromatic rings. The van der Waals surface area contributed by atoms with Crippen LogP contribution in [0.4, 0.5) is 5.69 Å². The van der Waals surface area contributed by atoms with Gasteiger partial charge in [-0.05, 0) is 36.5 Å². The number of hydrogen-bond donors (Lipinski definition) is 1. The van der Waals surface area contributed by atoms with Crippen LogP contribution in [0, 0.1) is 16.2 Å². The quantitative estimate of drug-likeness (QED) is 0.679. The molecule has 0 unspecified atom stereocenters. The second kappa shape index (κ2) is 5.21. The lowest BCUT2D eigenvalue weighted by atomic mass is 9.64. The summed E-state index contributed by atoms with van der Waals surface area (Å²) in [6.45, 7) is 6.02. The number of Topliss-reactive ketones (excluding diaryl/α,β-unsaturated/α-hetero) is 1. The van der Waals surface area contributed by atoms with Crippen molar-refractivity contribution in [1.29, 1.82) is 0 Å². The van der Waals surface area contributed by atoms with Gasteiger partial charge in [-0.15, -0.1) is 0 Å². The fourth-order valence-electron chi connectivity index (χ4n) is 4.27. The molecule has 3 rings (SSSR count). The molecule has 0 aromatic heterocycles. The van der Waals surface area contributed by atoms with E-state index in [0.717, 1.165) is 6.42 Å². The number of carbonyl (C=O) groups excluding carboxylic acids is 2. The fourth-order valence-corrected chi connectivity index (χ4v) is 6.08. The third kappa shape index (κ3) is 2.01. The van der Waals surface area contributed by atoms with E-state index >= 15 is 0 Å². The van der Waals surface area contributed by atoms with E-state index in [9.17, 15) is 9.59 Å². The van der Waals surface area contributed by atoms with E-state index in [1.807, 2.05) is 20.8 Å². The van der Waals surface area contributed by atoms with Crippen LogP contribution in [0.25, 0.3) is 0 Å². The summed E-state index contributed by atoms with van der Waals surface area (Å²) in [5.74, 6) is -0.0182. The standard InChI is InChI=1S/C17H18BrCl2NO2/c1-15(2)16(3)6-7-17(15,12(18)13(16)22)14(23)21-9-4-5-10(19)11(20)8-9/h4-5,8,12H,6-7H2,1-3H3,(H,21,23)/t12-,16-,17+/m1/s1. The molecule has 0 radical (unpaired) electrons. The van der Waals surface area contributed by atoms with Crippen molar-refractivity contribution < 1.29 is 9.59 Å². The molecule has 3 atom stereocenters. The molecule has 2 saturated carbocycles. The average Bonchev–Trinajstić information content (AvgIpc) is 2.75. The molecule has 0 spiro atoms. The number of hydrogen-bond acceptors (Lipinski definition) is 2. The first-order chi connectivity index (χ1) is 10.6. The van der Waals surface area contributed by atoms with Crippen LogP contribution >= 0.6 is 39.1 Å². The summed E-state index contributed by atoms with van der Waals surface area (Å²) >= 11 is 15.4. The van der Waals surface area contributed by atoms with Gasteiger partial charge in [-0.1, -0.05) is 59.9 Å². The Morgan fingerprint density at radius 1 is 1.22 bits per heavy atom. The summed E-state index contributed by atoms with van der Waals surface area (Å²) in [6.07, 6.45) is 1.42. The molecule has 1 aromatic carbocycles. The van der Waals surface area contributed by atoms with Gasteiger partial charge in [0.25, 0.3) is 0 Å². The van der Waals surface area contributed by atoms with Gasteiger partial charge in [-0.2, -0.15) is 0 Å². The zero-order chi connectivity index (χ0) is 17.2. The number of anilines is 1. The monoisotopic (exact) mass is 417 g/mol. The van der Waals surface area contributed by atoms with Gasteiger partial charge in [0.05, 0.1) is 20.3 Å². The highest BCUT2D eigenvalue weighted by molar-refractivity contribution is 9.10. The van der Waals surface area contributed by atoms with E-state index in [1.54, 1.807) is 18.2 Å². The summed E-state index contributed by atoms with van der Waals surface area (Å²) in [5.41, 5.74) is -1.07.